The number of pyridine rings is 1. The number of rotatable bonds is 6. The molecule has 0 bridgehead atoms. The number of aromatic nitrogens is 1. The summed E-state index contributed by atoms with van der Waals surface area (Å²) in [5.74, 6) is -3.60. The third kappa shape index (κ3) is 5.19. The van der Waals surface area contributed by atoms with Crippen LogP contribution in [-0.2, 0) is 6.42 Å². The minimum absolute atomic E-state index is 0.00327. The molecule has 0 aliphatic heterocycles. The highest BCUT2D eigenvalue weighted by Gasteiger charge is 2.13. The van der Waals surface area contributed by atoms with Gasteiger partial charge in [-0.1, -0.05) is 18.2 Å². The van der Waals surface area contributed by atoms with Crippen molar-refractivity contribution in [3.63, 3.8) is 0 Å². The first-order valence-electron chi connectivity index (χ1n) is 8.68. The summed E-state index contributed by atoms with van der Waals surface area (Å²) in [7, 11) is 0. The number of benzene rings is 2. The molecule has 0 saturated carbocycles. The molecule has 0 saturated heterocycles. The van der Waals surface area contributed by atoms with Crippen LogP contribution in [0.25, 0.3) is 0 Å². The van der Waals surface area contributed by atoms with Crippen LogP contribution in [0.15, 0.2) is 60.8 Å². The van der Waals surface area contributed by atoms with Gasteiger partial charge in [-0.05, 0) is 42.3 Å². The van der Waals surface area contributed by atoms with Crippen molar-refractivity contribution < 1.29 is 22.8 Å². The van der Waals surface area contributed by atoms with Gasteiger partial charge in [0.1, 0.15) is 11.5 Å². The molecular weight excluding hydrogens is 383 g/mol. The molecule has 3 aromatic rings. The Kier molecular flexibility index (Phi) is 6.23. The molecule has 0 aliphatic carbocycles. The summed E-state index contributed by atoms with van der Waals surface area (Å²) < 4.78 is 39.8. The normalized spacial score (nSPS) is 10.4. The van der Waals surface area contributed by atoms with E-state index < -0.39 is 23.4 Å². The molecule has 1 aromatic heterocycles. The van der Waals surface area contributed by atoms with Crippen LogP contribution < -0.4 is 10.6 Å². The molecule has 1 heterocycles. The molecule has 2 amide bonds. The molecule has 29 heavy (non-hydrogen) atoms. The van der Waals surface area contributed by atoms with Crippen LogP contribution in [0.5, 0.6) is 0 Å². The number of nitrogens with one attached hydrogen (secondary N) is 2. The predicted molar refractivity (Wildman–Crippen MR) is 101 cm³/mol. The summed E-state index contributed by atoms with van der Waals surface area (Å²) in [6.07, 6.45) is 1.58. The van der Waals surface area contributed by atoms with Gasteiger partial charge in [-0.15, -0.1) is 0 Å². The Labute approximate surface area is 164 Å². The van der Waals surface area contributed by atoms with Crippen LogP contribution in [0.1, 0.15) is 26.4 Å². The zero-order chi connectivity index (χ0) is 20.8. The summed E-state index contributed by atoms with van der Waals surface area (Å²) in [6.45, 7) is 0.187. The van der Waals surface area contributed by atoms with E-state index in [-0.39, 0.29) is 29.3 Å². The van der Waals surface area contributed by atoms with E-state index >= 15 is 0 Å². The lowest BCUT2D eigenvalue weighted by Gasteiger charge is -2.08. The standard InChI is InChI=1S/C21H16F3N3O2/c22-16-4-2-1-3-13(16)7-10-26-21(29)19-11-14(8-9-25-19)20(28)27-15-5-6-17(23)18(24)12-15/h1-6,8-9,11-12H,7,10H2,(H,26,29)(H,27,28). The molecule has 2 aromatic carbocycles. The lowest BCUT2D eigenvalue weighted by atomic mass is 10.1. The van der Waals surface area contributed by atoms with E-state index in [0.29, 0.717) is 12.0 Å². The molecule has 2 N–H and O–H groups in total. The first-order chi connectivity index (χ1) is 13.9. The number of carbonyl (C=O) groups excluding carboxylic acids is 2. The van der Waals surface area contributed by atoms with Gasteiger partial charge in [0.05, 0.1) is 0 Å². The maximum Gasteiger partial charge on any atom is 0.269 e. The van der Waals surface area contributed by atoms with Gasteiger partial charge in [-0.25, -0.2) is 13.2 Å². The van der Waals surface area contributed by atoms with Gasteiger partial charge >= 0.3 is 0 Å². The summed E-state index contributed by atoms with van der Waals surface area (Å²) in [6, 6.07) is 11.9. The second-order valence-corrected chi connectivity index (χ2v) is 6.11. The second kappa shape index (κ2) is 9.01. The van der Waals surface area contributed by atoms with Gasteiger partial charge < -0.3 is 10.6 Å². The molecule has 0 atom stereocenters. The van der Waals surface area contributed by atoms with Crippen molar-refractivity contribution in [3.05, 3.63) is 95.1 Å². The highest BCUT2D eigenvalue weighted by molar-refractivity contribution is 6.05. The summed E-state index contributed by atoms with van der Waals surface area (Å²) in [5.41, 5.74) is 0.655. The van der Waals surface area contributed by atoms with Crippen molar-refractivity contribution >= 4 is 17.5 Å². The molecule has 0 radical (unpaired) electrons. The van der Waals surface area contributed by atoms with Crippen molar-refractivity contribution in [2.24, 2.45) is 0 Å². The number of hydrogen-bond acceptors (Lipinski definition) is 3. The quantitative estimate of drug-likeness (QED) is 0.664. The van der Waals surface area contributed by atoms with E-state index in [1.165, 1.54) is 30.5 Å². The highest BCUT2D eigenvalue weighted by atomic mass is 19.2. The molecule has 0 unspecified atom stereocenters. The van der Waals surface area contributed by atoms with Gasteiger partial charge in [0.15, 0.2) is 11.6 Å². The number of halogens is 3. The number of nitrogens with zero attached hydrogens (tertiary/aromatic N) is 1. The Balaban J connectivity index is 1.62. The lowest BCUT2D eigenvalue weighted by molar-refractivity contribution is 0.0949. The highest BCUT2D eigenvalue weighted by Crippen LogP contribution is 2.14. The van der Waals surface area contributed by atoms with E-state index in [1.54, 1.807) is 18.2 Å². The van der Waals surface area contributed by atoms with E-state index in [9.17, 15) is 22.8 Å². The summed E-state index contributed by atoms with van der Waals surface area (Å²) in [4.78, 5) is 28.5. The molecule has 0 spiro atoms. The fraction of sp³-hybridized carbons (Fsp3) is 0.0952. The third-order valence-corrected chi connectivity index (χ3v) is 4.07. The second-order valence-electron chi connectivity index (χ2n) is 6.11. The van der Waals surface area contributed by atoms with Crippen molar-refractivity contribution in [1.29, 1.82) is 0 Å². The number of anilines is 1. The maximum atomic E-state index is 13.6. The fourth-order valence-corrected chi connectivity index (χ4v) is 2.58. The maximum absolute atomic E-state index is 13.6. The Bertz CT molecular complexity index is 1060. The van der Waals surface area contributed by atoms with Crippen molar-refractivity contribution in [2.75, 3.05) is 11.9 Å². The zero-order valence-corrected chi connectivity index (χ0v) is 15.1. The van der Waals surface area contributed by atoms with E-state index in [1.807, 2.05) is 0 Å². The monoisotopic (exact) mass is 399 g/mol. The summed E-state index contributed by atoms with van der Waals surface area (Å²) in [5, 5.41) is 5.03. The van der Waals surface area contributed by atoms with Gasteiger partial charge in [0.25, 0.3) is 11.8 Å². The van der Waals surface area contributed by atoms with E-state index in [0.717, 1.165) is 12.1 Å². The average Bonchev–Trinajstić information content (AvgIpc) is 2.72. The molecule has 8 heteroatoms. The number of amides is 2. The van der Waals surface area contributed by atoms with E-state index in [2.05, 4.69) is 15.6 Å². The minimum Gasteiger partial charge on any atom is -0.350 e. The predicted octanol–water partition coefficient (Wildman–Crippen LogP) is 3.72. The Morgan fingerprint density at radius 1 is 0.862 bits per heavy atom. The van der Waals surface area contributed by atoms with Crippen LogP contribution >= 0.6 is 0 Å². The topological polar surface area (TPSA) is 71.1 Å². The van der Waals surface area contributed by atoms with Gasteiger partial charge in [0.2, 0.25) is 0 Å². The average molecular weight is 399 g/mol. The van der Waals surface area contributed by atoms with Gasteiger partial charge in [-0.2, -0.15) is 0 Å². The van der Waals surface area contributed by atoms with Crippen molar-refractivity contribution in [3.8, 4) is 0 Å². The molecular formula is C21H16F3N3O2. The molecule has 148 valence electrons. The lowest BCUT2D eigenvalue weighted by Crippen LogP contribution is -2.27. The molecule has 5 nitrogen and oxygen atoms in total. The zero-order valence-electron chi connectivity index (χ0n) is 15.1. The first-order valence-corrected chi connectivity index (χ1v) is 8.68. The number of hydrogen-bond donors (Lipinski definition) is 2. The van der Waals surface area contributed by atoms with Crippen LogP contribution in [0.4, 0.5) is 18.9 Å². The van der Waals surface area contributed by atoms with Crippen LogP contribution in [0, 0.1) is 17.5 Å². The Hall–Kier alpha value is -3.68. The van der Waals surface area contributed by atoms with E-state index in [4.69, 9.17) is 0 Å². The largest absolute Gasteiger partial charge is 0.350 e. The number of carbonyl (C=O) groups is 2. The smallest absolute Gasteiger partial charge is 0.269 e. The molecule has 3 rings (SSSR count). The van der Waals surface area contributed by atoms with Gasteiger partial charge in [0, 0.05) is 30.1 Å². The Morgan fingerprint density at radius 2 is 1.66 bits per heavy atom. The summed E-state index contributed by atoms with van der Waals surface area (Å²) >= 11 is 0. The van der Waals surface area contributed by atoms with Crippen LogP contribution in [-0.4, -0.2) is 23.3 Å². The molecule has 0 aliphatic rings. The minimum atomic E-state index is -1.09. The van der Waals surface area contributed by atoms with Gasteiger partial charge in [-0.3, -0.25) is 14.6 Å². The van der Waals surface area contributed by atoms with Crippen LogP contribution in [0.3, 0.4) is 0 Å². The SMILES string of the molecule is O=C(Nc1ccc(F)c(F)c1)c1ccnc(C(=O)NCCc2ccccc2F)c1. The first kappa shape index (κ1) is 20.1. The van der Waals surface area contributed by atoms with Crippen LogP contribution in [0.2, 0.25) is 0 Å². The van der Waals surface area contributed by atoms with Crippen molar-refractivity contribution in [2.45, 2.75) is 6.42 Å². The fourth-order valence-electron chi connectivity index (χ4n) is 2.58. The van der Waals surface area contributed by atoms with Crippen molar-refractivity contribution in [1.82, 2.24) is 10.3 Å². The third-order valence-electron chi connectivity index (χ3n) is 4.07. The molecule has 0 fully saturated rings. The Morgan fingerprint density at radius 3 is 2.41 bits per heavy atom.